The van der Waals surface area contributed by atoms with Crippen molar-refractivity contribution in [1.29, 1.82) is 0 Å². The molecule has 0 atom stereocenters. The second-order valence-electron chi connectivity index (χ2n) is 6.39. The Morgan fingerprint density at radius 3 is 2.33 bits per heavy atom. The molecule has 0 saturated heterocycles. The van der Waals surface area contributed by atoms with Crippen LogP contribution in [0.3, 0.4) is 0 Å². The Morgan fingerprint density at radius 2 is 1.56 bits per heavy atom. The topological polar surface area (TPSA) is 0 Å². The maximum absolute atomic E-state index is 2.35. The first-order valence-electron chi connectivity index (χ1n) is 6.60. The first-order chi connectivity index (χ1) is 8.53. The van der Waals surface area contributed by atoms with Crippen molar-refractivity contribution in [2.75, 3.05) is 0 Å². The highest BCUT2D eigenvalue weighted by molar-refractivity contribution is 5.81. The van der Waals surface area contributed by atoms with E-state index in [1.807, 2.05) is 0 Å². The van der Waals surface area contributed by atoms with Crippen LogP contribution in [0.1, 0.15) is 37.5 Å². The lowest BCUT2D eigenvalue weighted by Gasteiger charge is -2.18. The van der Waals surface area contributed by atoms with Crippen LogP contribution in [-0.4, -0.2) is 0 Å². The van der Waals surface area contributed by atoms with Crippen LogP contribution in [0.2, 0.25) is 0 Å². The highest BCUT2D eigenvalue weighted by Crippen LogP contribution is 2.38. The van der Waals surface area contributed by atoms with Crippen LogP contribution < -0.4 is 0 Å². The number of benzene rings is 2. The zero-order valence-corrected chi connectivity index (χ0v) is 11.3. The van der Waals surface area contributed by atoms with Crippen LogP contribution in [-0.2, 0) is 6.42 Å². The molecule has 0 nitrogen and oxygen atoms in total. The van der Waals surface area contributed by atoms with Gasteiger partial charge in [0.2, 0.25) is 0 Å². The van der Waals surface area contributed by atoms with Gasteiger partial charge in [-0.15, -0.1) is 0 Å². The van der Waals surface area contributed by atoms with Crippen LogP contribution in [0.5, 0.6) is 0 Å². The summed E-state index contributed by atoms with van der Waals surface area (Å²) in [4.78, 5) is 0. The van der Waals surface area contributed by atoms with Gasteiger partial charge in [-0.25, -0.2) is 0 Å². The Hall–Kier alpha value is -1.56. The second-order valence-corrected chi connectivity index (χ2v) is 6.39. The van der Waals surface area contributed by atoms with Gasteiger partial charge in [0.25, 0.3) is 0 Å². The molecule has 1 aliphatic carbocycles. The molecule has 0 bridgehead atoms. The molecule has 0 aliphatic heterocycles. The summed E-state index contributed by atoms with van der Waals surface area (Å²) in [5.74, 6) is 0. The molecule has 2 aromatic carbocycles. The van der Waals surface area contributed by atoms with E-state index in [-0.39, 0.29) is 0 Å². The van der Waals surface area contributed by atoms with Gasteiger partial charge in [0, 0.05) is 6.42 Å². The van der Waals surface area contributed by atoms with Gasteiger partial charge in [0.05, 0.1) is 0 Å². The molecule has 3 rings (SSSR count). The molecule has 0 amide bonds. The first kappa shape index (κ1) is 11.5. The molecule has 0 N–H and O–H groups in total. The van der Waals surface area contributed by atoms with Crippen molar-refractivity contribution in [3.63, 3.8) is 0 Å². The van der Waals surface area contributed by atoms with Crippen LogP contribution in [0.25, 0.3) is 11.1 Å². The zero-order chi connectivity index (χ0) is 12.8. The van der Waals surface area contributed by atoms with Crippen molar-refractivity contribution in [3.8, 4) is 11.1 Å². The SMILES string of the molecule is CC(C)(C)Cc1ccc2c(c1)[CH]c1ccccc1-2. The van der Waals surface area contributed by atoms with E-state index in [1.54, 1.807) is 0 Å². The summed E-state index contributed by atoms with van der Waals surface area (Å²) >= 11 is 0. The Morgan fingerprint density at radius 1 is 0.833 bits per heavy atom. The minimum atomic E-state index is 0.347. The minimum Gasteiger partial charge on any atom is -0.0619 e. The molecular formula is C18H19. The molecule has 0 fully saturated rings. The molecule has 0 unspecified atom stereocenters. The molecule has 91 valence electrons. The van der Waals surface area contributed by atoms with E-state index < -0.39 is 0 Å². The van der Waals surface area contributed by atoms with Crippen molar-refractivity contribution in [2.45, 2.75) is 27.2 Å². The van der Waals surface area contributed by atoms with E-state index in [0.29, 0.717) is 5.41 Å². The fraction of sp³-hybridized carbons (Fsp3) is 0.278. The summed E-state index contributed by atoms with van der Waals surface area (Å²) in [5.41, 5.74) is 7.25. The van der Waals surface area contributed by atoms with Crippen LogP contribution in [0, 0.1) is 11.8 Å². The highest BCUT2D eigenvalue weighted by Gasteiger charge is 2.19. The highest BCUT2D eigenvalue weighted by atomic mass is 14.2. The summed E-state index contributed by atoms with van der Waals surface area (Å²) in [5, 5.41) is 0. The summed E-state index contributed by atoms with van der Waals surface area (Å²) in [6.07, 6.45) is 3.43. The lowest BCUT2D eigenvalue weighted by molar-refractivity contribution is 0.411. The predicted octanol–water partition coefficient (Wildman–Crippen LogP) is 4.86. The second kappa shape index (κ2) is 3.98. The van der Waals surface area contributed by atoms with Gasteiger partial charge in [0.1, 0.15) is 0 Å². The molecule has 1 radical (unpaired) electrons. The van der Waals surface area contributed by atoms with E-state index in [2.05, 4.69) is 69.7 Å². The number of hydrogen-bond acceptors (Lipinski definition) is 0. The standard InChI is InChI=1S/C18H19/c1-18(2,3)12-13-8-9-17-15(10-13)11-14-6-4-5-7-16(14)17/h4-11H,12H2,1-3H3. The molecule has 1 aliphatic rings. The normalized spacial score (nSPS) is 13.3. The van der Waals surface area contributed by atoms with Crippen LogP contribution in [0.4, 0.5) is 0 Å². The van der Waals surface area contributed by atoms with Gasteiger partial charge in [-0.3, -0.25) is 0 Å². The average Bonchev–Trinajstić information content (AvgIpc) is 2.64. The van der Waals surface area contributed by atoms with E-state index in [1.165, 1.54) is 27.8 Å². The Labute approximate surface area is 110 Å². The Kier molecular flexibility index (Phi) is 2.55. The lowest BCUT2D eigenvalue weighted by Crippen LogP contribution is -2.09. The summed E-state index contributed by atoms with van der Waals surface area (Å²) in [6, 6.07) is 15.5. The number of hydrogen-bond donors (Lipinski definition) is 0. The van der Waals surface area contributed by atoms with Gasteiger partial charge >= 0.3 is 0 Å². The predicted molar refractivity (Wildman–Crippen MR) is 77.5 cm³/mol. The first-order valence-corrected chi connectivity index (χ1v) is 6.60. The van der Waals surface area contributed by atoms with Gasteiger partial charge in [-0.2, -0.15) is 0 Å². The molecule has 0 spiro atoms. The minimum absolute atomic E-state index is 0.347. The van der Waals surface area contributed by atoms with E-state index in [0.717, 1.165) is 6.42 Å². The number of rotatable bonds is 1. The van der Waals surface area contributed by atoms with Gasteiger partial charge < -0.3 is 0 Å². The summed E-state index contributed by atoms with van der Waals surface area (Å²) < 4.78 is 0. The molecule has 2 aromatic rings. The fourth-order valence-corrected chi connectivity index (χ4v) is 2.73. The smallest absolute Gasteiger partial charge is 0.0212 e. The van der Waals surface area contributed by atoms with Crippen molar-refractivity contribution < 1.29 is 0 Å². The molecule has 0 aromatic heterocycles. The third-order valence-corrected chi connectivity index (χ3v) is 3.41. The quantitative estimate of drug-likeness (QED) is 0.565. The van der Waals surface area contributed by atoms with Crippen molar-refractivity contribution >= 4 is 0 Å². The third kappa shape index (κ3) is 2.08. The fourth-order valence-electron chi connectivity index (χ4n) is 2.73. The Bertz CT molecular complexity index is 585. The van der Waals surface area contributed by atoms with E-state index >= 15 is 0 Å². The molecule has 0 saturated carbocycles. The van der Waals surface area contributed by atoms with Crippen molar-refractivity contribution in [2.24, 2.45) is 5.41 Å². The molecular weight excluding hydrogens is 216 g/mol. The zero-order valence-electron chi connectivity index (χ0n) is 11.3. The monoisotopic (exact) mass is 235 g/mol. The summed E-state index contributed by atoms with van der Waals surface area (Å²) in [6.45, 7) is 6.87. The third-order valence-electron chi connectivity index (χ3n) is 3.41. The van der Waals surface area contributed by atoms with Crippen molar-refractivity contribution in [3.05, 3.63) is 65.6 Å². The summed E-state index contributed by atoms with van der Waals surface area (Å²) in [7, 11) is 0. The molecule has 0 heteroatoms. The van der Waals surface area contributed by atoms with E-state index in [9.17, 15) is 0 Å². The average molecular weight is 235 g/mol. The number of fused-ring (bicyclic) bond motifs is 3. The molecule has 18 heavy (non-hydrogen) atoms. The largest absolute Gasteiger partial charge is 0.0619 e. The lowest BCUT2D eigenvalue weighted by atomic mass is 9.87. The van der Waals surface area contributed by atoms with Crippen LogP contribution >= 0.6 is 0 Å². The van der Waals surface area contributed by atoms with Gasteiger partial charge in [-0.1, -0.05) is 63.2 Å². The molecule has 0 heterocycles. The maximum Gasteiger partial charge on any atom is 0.0212 e. The Balaban J connectivity index is 1.98. The van der Waals surface area contributed by atoms with Gasteiger partial charge in [-0.05, 0) is 39.7 Å². The van der Waals surface area contributed by atoms with Crippen molar-refractivity contribution in [1.82, 2.24) is 0 Å². The maximum atomic E-state index is 2.35. The van der Waals surface area contributed by atoms with E-state index in [4.69, 9.17) is 0 Å². The van der Waals surface area contributed by atoms with Gasteiger partial charge in [0.15, 0.2) is 0 Å². The van der Waals surface area contributed by atoms with Crippen LogP contribution in [0.15, 0.2) is 42.5 Å².